The molecule has 0 bridgehead atoms. The minimum atomic E-state index is -3.89. The van der Waals surface area contributed by atoms with Gasteiger partial charge in [-0.25, -0.2) is 21.9 Å². The SMILES string of the molecule is Cc1csc(CN)c1S(=O)(=O)NCC(F)F. The van der Waals surface area contributed by atoms with E-state index in [-0.39, 0.29) is 11.4 Å². The molecule has 0 fully saturated rings. The second-order valence-corrected chi connectivity index (χ2v) is 5.79. The maximum Gasteiger partial charge on any atom is 0.251 e. The highest BCUT2D eigenvalue weighted by Crippen LogP contribution is 2.26. The molecule has 0 amide bonds. The second-order valence-electron chi connectivity index (χ2n) is 3.12. The van der Waals surface area contributed by atoms with E-state index in [4.69, 9.17) is 5.73 Å². The molecule has 0 saturated carbocycles. The Balaban J connectivity index is 3.02. The lowest BCUT2D eigenvalue weighted by atomic mass is 10.3. The average molecular weight is 270 g/mol. The summed E-state index contributed by atoms with van der Waals surface area (Å²) in [5, 5.41) is 1.64. The van der Waals surface area contributed by atoms with Crippen molar-refractivity contribution in [3.8, 4) is 0 Å². The smallest absolute Gasteiger partial charge is 0.251 e. The molecule has 1 rings (SSSR count). The third-order valence-corrected chi connectivity index (χ3v) is 4.78. The molecule has 1 aromatic rings. The first-order chi connectivity index (χ1) is 7.38. The first-order valence-electron chi connectivity index (χ1n) is 4.43. The number of aryl methyl sites for hydroxylation is 1. The highest BCUT2D eigenvalue weighted by molar-refractivity contribution is 7.89. The van der Waals surface area contributed by atoms with Crippen LogP contribution in [0.3, 0.4) is 0 Å². The van der Waals surface area contributed by atoms with Crippen LogP contribution < -0.4 is 10.5 Å². The van der Waals surface area contributed by atoms with Crippen molar-refractivity contribution in [3.05, 3.63) is 15.8 Å². The summed E-state index contributed by atoms with van der Waals surface area (Å²) in [6.45, 7) is 0.789. The van der Waals surface area contributed by atoms with Gasteiger partial charge in [0.05, 0.1) is 6.54 Å². The van der Waals surface area contributed by atoms with Crippen molar-refractivity contribution in [2.45, 2.75) is 24.8 Å². The van der Waals surface area contributed by atoms with Crippen LogP contribution in [0.2, 0.25) is 0 Å². The normalized spacial score (nSPS) is 12.3. The Morgan fingerprint density at radius 1 is 1.56 bits per heavy atom. The van der Waals surface area contributed by atoms with Crippen molar-refractivity contribution < 1.29 is 17.2 Å². The Morgan fingerprint density at radius 3 is 2.69 bits per heavy atom. The zero-order chi connectivity index (χ0) is 12.3. The van der Waals surface area contributed by atoms with E-state index < -0.39 is 23.0 Å². The van der Waals surface area contributed by atoms with Gasteiger partial charge in [0.2, 0.25) is 10.0 Å². The van der Waals surface area contributed by atoms with Gasteiger partial charge >= 0.3 is 0 Å². The predicted molar refractivity (Wildman–Crippen MR) is 58.1 cm³/mol. The predicted octanol–water partition coefficient (Wildman–Crippen LogP) is 1.06. The molecule has 0 aliphatic heterocycles. The second kappa shape index (κ2) is 5.17. The number of nitrogens with two attached hydrogens (primary N) is 1. The monoisotopic (exact) mass is 270 g/mol. The van der Waals surface area contributed by atoms with E-state index in [2.05, 4.69) is 0 Å². The van der Waals surface area contributed by atoms with Gasteiger partial charge in [-0.2, -0.15) is 0 Å². The summed E-state index contributed by atoms with van der Waals surface area (Å²) in [6.07, 6.45) is -2.71. The van der Waals surface area contributed by atoms with Crippen LogP contribution in [0.15, 0.2) is 10.3 Å². The minimum Gasteiger partial charge on any atom is -0.326 e. The lowest BCUT2D eigenvalue weighted by Gasteiger charge is -2.07. The van der Waals surface area contributed by atoms with Gasteiger partial charge in [-0.1, -0.05) is 0 Å². The van der Waals surface area contributed by atoms with Gasteiger partial charge in [-0.15, -0.1) is 11.3 Å². The molecule has 4 nitrogen and oxygen atoms in total. The van der Waals surface area contributed by atoms with E-state index in [1.54, 1.807) is 12.3 Å². The Labute approximate surface area is 96.5 Å². The van der Waals surface area contributed by atoms with Crippen molar-refractivity contribution >= 4 is 21.4 Å². The molecule has 16 heavy (non-hydrogen) atoms. The molecule has 3 N–H and O–H groups in total. The average Bonchev–Trinajstić information content (AvgIpc) is 2.57. The van der Waals surface area contributed by atoms with Crippen LogP contribution >= 0.6 is 11.3 Å². The number of thiophene rings is 1. The molecular formula is C8H12F2N2O2S2. The zero-order valence-electron chi connectivity index (χ0n) is 8.54. The molecule has 1 heterocycles. The Bertz CT molecular complexity index is 457. The van der Waals surface area contributed by atoms with Gasteiger partial charge in [0.15, 0.2) is 0 Å². The number of alkyl halides is 2. The molecule has 0 unspecified atom stereocenters. The number of hydrogen-bond donors (Lipinski definition) is 2. The maximum atomic E-state index is 11.9. The molecule has 8 heteroatoms. The number of halogens is 2. The Hall–Kier alpha value is -0.570. The van der Waals surface area contributed by atoms with Crippen LogP contribution in [0, 0.1) is 6.92 Å². The Morgan fingerprint density at radius 2 is 2.19 bits per heavy atom. The van der Waals surface area contributed by atoms with Gasteiger partial charge in [0.25, 0.3) is 6.43 Å². The highest BCUT2D eigenvalue weighted by atomic mass is 32.2. The van der Waals surface area contributed by atoms with E-state index >= 15 is 0 Å². The first-order valence-corrected chi connectivity index (χ1v) is 6.79. The first kappa shape index (κ1) is 13.5. The number of nitrogens with one attached hydrogen (secondary N) is 1. The molecule has 0 saturated heterocycles. The molecule has 0 spiro atoms. The van der Waals surface area contributed by atoms with Crippen LogP contribution in [0.25, 0.3) is 0 Å². The fraction of sp³-hybridized carbons (Fsp3) is 0.500. The summed E-state index contributed by atoms with van der Waals surface area (Å²) in [6, 6.07) is 0. The fourth-order valence-corrected chi connectivity index (χ4v) is 3.94. The third-order valence-electron chi connectivity index (χ3n) is 1.87. The van der Waals surface area contributed by atoms with Crippen molar-refractivity contribution in [2.24, 2.45) is 5.73 Å². The van der Waals surface area contributed by atoms with Crippen LogP contribution in [0.5, 0.6) is 0 Å². The van der Waals surface area contributed by atoms with Gasteiger partial charge in [-0.05, 0) is 17.9 Å². The molecule has 0 aliphatic rings. The lowest BCUT2D eigenvalue weighted by molar-refractivity contribution is 0.153. The molecule has 0 radical (unpaired) electrons. The molecule has 92 valence electrons. The van der Waals surface area contributed by atoms with Crippen molar-refractivity contribution in [1.29, 1.82) is 0 Å². The van der Waals surface area contributed by atoms with E-state index in [9.17, 15) is 17.2 Å². The van der Waals surface area contributed by atoms with Crippen LogP contribution in [-0.2, 0) is 16.6 Å². The van der Waals surface area contributed by atoms with E-state index in [1.807, 2.05) is 4.72 Å². The minimum absolute atomic E-state index is 0.0284. The molecule has 0 aromatic carbocycles. The van der Waals surface area contributed by atoms with Gasteiger partial charge < -0.3 is 5.73 Å². The number of sulfonamides is 1. The summed E-state index contributed by atoms with van der Waals surface area (Å²) < 4.78 is 49.1. The van der Waals surface area contributed by atoms with Crippen LogP contribution in [0.4, 0.5) is 8.78 Å². The van der Waals surface area contributed by atoms with Crippen LogP contribution in [0.1, 0.15) is 10.4 Å². The largest absolute Gasteiger partial charge is 0.326 e. The third kappa shape index (κ3) is 2.97. The number of hydrogen-bond acceptors (Lipinski definition) is 4. The van der Waals surface area contributed by atoms with Crippen molar-refractivity contribution in [3.63, 3.8) is 0 Å². The summed E-state index contributed by atoms with van der Waals surface area (Å²) in [5.74, 6) is 0. The molecular weight excluding hydrogens is 258 g/mol. The fourth-order valence-electron chi connectivity index (χ4n) is 1.23. The van der Waals surface area contributed by atoms with Gasteiger partial charge in [0.1, 0.15) is 4.90 Å². The van der Waals surface area contributed by atoms with Crippen molar-refractivity contribution in [2.75, 3.05) is 6.54 Å². The summed E-state index contributed by atoms with van der Waals surface area (Å²) in [5.41, 5.74) is 5.91. The maximum absolute atomic E-state index is 11.9. The quantitative estimate of drug-likeness (QED) is 0.840. The van der Waals surface area contributed by atoms with Crippen LogP contribution in [-0.4, -0.2) is 21.4 Å². The lowest BCUT2D eigenvalue weighted by Crippen LogP contribution is -2.29. The topological polar surface area (TPSA) is 72.2 Å². The Kier molecular flexibility index (Phi) is 4.36. The standard InChI is InChI=1S/C8H12F2N2O2S2/c1-5-4-15-6(2-11)8(5)16(13,14)12-3-7(9)10/h4,7,12H,2-3,11H2,1H3. The van der Waals surface area contributed by atoms with Gasteiger partial charge in [-0.3, -0.25) is 0 Å². The molecule has 0 aliphatic carbocycles. The summed E-state index contributed by atoms with van der Waals surface area (Å²) in [4.78, 5) is 0.500. The summed E-state index contributed by atoms with van der Waals surface area (Å²) >= 11 is 1.21. The van der Waals surface area contributed by atoms with E-state index in [0.29, 0.717) is 10.4 Å². The highest BCUT2D eigenvalue weighted by Gasteiger charge is 2.23. The van der Waals surface area contributed by atoms with E-state index in [1.165, 1.54) is 11.3 Å². The summed E-state index contributed by atoms with van der Waals surface area (Å²) in [7, 11) is -3.89. The molecule has 1 aromatic heterocycles. The van der Waals surface area contributed by atoms with Gasteiger partial charge in [0, 0.05) is 11.4 Å². The molecule has 0 atom stereocenters. The van der Waals surface area contributed by atoms with E-state index in [0.717, 1.165) is 0 Å². The number of rotatable bonds is 5. The zero-order valence-corrected chi connectivity index (χ0v) is 10.2. The van der Waals surface area contributed by atoms with Crippen molar-refractivity contribution in [1.82, 2.24) is 4.72 Å².